The number of fused-ring (bicyclic) bond motifs is 3. The third-order valence-corrected chi connectivity index (χ3v) is 10.7. The van der Waals surface area contributed by atoms with Gasteiger partial charge in [0.1, 0.15) is 24.4 Å². The van der Waals surface area contributed by atoms with Gasteiger partial charge >= 0.3 is 0 Å². The monoisotopic (exact) mass is 594 g/mol. The number of aliphatic hydroxyl groups excluding tert-OH is 6. The lowest BCUT2D eigenvalue weighted by molar-refractivity contribution is -0.323. The molecule has 0 aromatic heterocycles. The highest BCUT2D eigenvalue weighted by atomic mass is 16.7. The zero-order valence-corrected chi connectivity index (χ0v) is 24.9. The molecule has 6 N–H and O–H groups in total. The van der Waals surface area contributed by atoms with Crippen LogP contribution >= 0.6 is 0 Å². The Hall–Kier alpha value is -1.34. The molecule has 15 atom stereocenters. The van der Waals surface area contributed by atoms with Crippen molar-refractivity contribution in [3.8, 4) is 0 Å². The van der Waals surface area contributed by atoms with E-state index in [1.807, 2.05) is 18.2 Å². The van der Waals surface area contributed by atoms with E-state index in [2.05, 4.69) is 32.9 Å². The van der Waals surface area contributed by atoms with Crippen molar-refractivity contribution in [2.75, 3.05) is 13.2 Å². The highest BCUT2D eigenvalue weighted by molar-refractivity contribution is 5.14. The minimum atomic E-state index is -1.53. The first-order valence-electron chi connectivity index (χ1n) is 15.6. The van der Waals surface area contributed by atoms with Gasteiger partial charge in [-0.3, -0.25) is 0 Å². The van der Waals surface area contributed by atoms with Gasteiger partial charge in [-0.05, 0) is 79.8 Å². The number of ether oxygens (including phenoxy) is 4. The quantitative estimate of drug-likeness (QED) is 0.210. The van der Waals surface area contributed by atoms with Crippen molar-refractivity contribution in [2.24, 2.45) is 35.0 Å². The van der Waals surface area contributed by atoms with Crippen LogP contribution in [-0.2, 0) is 18.9 Å². The first-order valence-corrected chi connectivity index (χ1v) is 15.6. The van der Waals surface area contributed by atoms with Gasteiger partial charge in [0.2, 0.25) is 5.79 Å². The van der Waals surface area contributed by atoms with Crippen LogP contribution in [0.15, 0.2) is 36.6 Å². The molecule has 2 saturated carbocycles. The van der Waals surface area contributed by atoms with Crippen molar-refractivity contribution in [3.05, 3.63) is 36.6 Å². The molecule has 5 rings (SSSR count). The summed E-state index contributed by atoms with van der Waals surface area (Å²) in [6.07, 6.45) is 7.18. The Bertz CT molecular complexity index is 1000. The molecule has 3 heterocycles. The van der Waals surface area contributed by atoms with E-state index in [1.165, 1.54) is 0 Å². The lowest BCUT2D eigenvalue weighted by atomic mass is 9.51. The summed E-state index contributed by atoms with van der Waals surface area (Å²) in [6, 6.07) is 0. The van der Waals surface area contributed by atoms with Crippen LogP contribution in [0.25, 0.3) is 0 Å². The van der Waals surface area contributed by atoms with Gasteiger partial charge in [0.15, 0.2) is 6.29 Å². The van der Waals surface area contributed by atoms with Crippen LogP contribution in [0.4, 0.5) is 0 Å². The standard InChI is InChI=1S/C32H50O10/c1-18-6-9-23-20(13-22(34)17-40-32(19(2)12-18)10-4-5-11-39-32)7-8-21-14-25(24(35)15-31(21,23)3)41-30-29(38)28(37)27(36)26(16-33)42-30/h4-6,9-11,18-30,33-38H,7-8,12-17H2,1-3H3/b9-6+/t18-,19+,20-,21-,22-,23-,24+,25+,26+,27+,28-,29+,30+,31-,32+/m1/s1. The molecular weight excluding hydrogens is 544 g/mol. The fourth-order valence-corrected chi connectivity index (χ4v) is 8.26. The highest BCUT2D eigenvalue weighted by Gasteiger charge is 2.54. The van der Waals surface area contributed by atoms with Gasteiger partial charge in [-0.15, -0.1) is 0 Å². The van der Waals surface area contributed by atoms with Crippen LogP contribution in [-0.4, -0.2) is 98.7 Å². The summed E-state index contributed by atoms with van der Waals surface area (Å²) >= 11 is 0. The molecule has 0 aromatic rings. The molecule has 42 heavy (non-hydrogen) atoms. The van der Waals surface area contributed by atoms with Gasteiger partial charge in [0.25, 0.3) is 0 Å². The minimum Gasteiger partial charge on any atom is -0.466 e. The summed E-state index contributed by atoms with van der Waals surface area (Å²) in [6.45, 7) is 6.17. The maximum atomic E-state index is 11.4. The van der Waals surface area contributed by atoms with E-state index in [-0.39, 0.29) is 41.6 Å². The van der Waals surface area contributed by atoms with Gasteiger partial charge in [0, 0.05) is 5.92 Å². The van der Waals surface area contributed by atoms with E-state index in [1.54, 1.807) is 6.26 Å². The Morgan fingerprint density at radius 1 is 0.929 bits per heavy atom. The molecular formula is C32H50O10. The average Bonchev–Trinajstić information content (AvgIpc) is 2.96. The first-order chi connectivity index (χ1) is 20.0. The molecule has 2 aliphatic carbocycles. The molecule has 10 nitrogen and oxygen atoms in total. The Morgan fingerprint density at radius 3 is 2.43 bits per heavy atom. The van der Waals surface area contributed by atoms with Crippen LogP contribution < -0.4 is 0 Å². The summed E-state index contributed by atoms with van der Waals surface area (Å²) in [7, 11) is 0. The maximum Gasteiger partial charge on any atom is 0.232 e. The molecule has 0 unspecified atom stereocenters. The smallest absolute Gasteiger partial charge is 0.232 e. The van der Waals surface area contributed by atoms with Crippen molar-refractivity contribution in [1.82, 2.24) is 0 Å². The SMILES string of the molecule is C[C@@H]1/C=C/[C@@H]2[C@H](CC[C@@H]3C[C@H](O[C@H]4O[C@@H](CO)[C@H](O)[C@@H](O)[C@@H]4O)[C@@H](O)C[C@]32C)C[C@@H](O)CO[C@@]2(C=CC=CO2)[C@@H](C)C1. The van der Waals surface area contributed by atoms with Crippen LogP contribution in [0.5, 0.6) is 0 Å². The Balaban J connectivity index is 1.33. The topological polar surface area (TPSA) is 158 Å². The fourth-order valence-electron chi connectivity index (χ4n) is 8.26. The zero-order valence-electron chi connectivity index (χ0n) is 24.9. The number of hydrogen-bond donors (Lipinski definition) is 6. The molecule has 0 radical (unpaired) electrons. The fraction of sp³-hybridized carbons (Fsp3) is 0.812. The predicted octanol–water partition coefficient (Wildman–Crippen LogP) is 1.77. The first kappa shape index (κ1) is 32.1. The van der Waals surface area contributed by atoms with Gasteiger partial charge < -0.3 is 49.6 Å². The summed E-state index contributed by atoms with van der Waals surface area (Å²) < 4.78 is 23.9. The third kappa shape index (κ3) is 6.25. The molecule has 10 heteroatoms. The van der Waals surface area contributed by atoms with E-state index >= 15 is 0 Å². The van der Waals surface area contributed by atoms with Crippen LogP contribution in [0.2, 0.25) is 0 Å². The van der Waals surface area contributed by atoms with Gasteiger partial charge in [-0.1, -0.05) is 39.0 Å². The Labute approximate surface area is 248 Å². The zero-order chi connectivity index (χ0) is 30.2. The van der Waals surface area contributed by atoms with Gasteiger partial charge in [0.05, 0.1) is 37.8 Å². The summed E-state index contributed by atoms with van der Waals surface area (Å²) in [4.78, 5) is 0. The molecule has 3 fully saturated rings. The predicted molar refractivity (Wildman–Crippen MR) is 152 cm³/mol. The lowest BCUT2D eigenvalue weighted by Gasteiger charge is -2.56. The van der Waals surface area contributed by atoms with Crippen LogP contribution in [0.1, 0.15) is 59.3 Å². The molecule has 0 amide bonds. The Kier molecular flexibility index (Phi) is 9.89. The molecule has 0 aromatic carbocycles. The minimum absolute atomic E-state index is 0.0484. The van der Waals surface area contributed by atoms with Crippen LogP contribution in [0, 0.1) is 35.0 Å². The number of rotatable bonds is 3. The van der Waals surface area contributed by atoms with E-state index in [0.29, 0.717) is 19.3 Å². The van der Waals surface area contributed by atoms with E-state index in [9.17, 15) is 30.6 Å². The molecule has 1 saturated heterocycles. The Morgan fingerprint density at radius 2 is 1.71 bits per heavy atom. The molecule has 238 valence electrons. The second-order valence-corrected chi connectivity index (χ2v) is 13.7. The molecule has 5 aliphatic rings. The summed E-state index contributed by atoms with van der Waals surface area (Å²) in [5, 5.41) is 62.9. The lowest BCUT2D eigenvalue weighted by Crippen LogP contribution is -2.61. The van der Waals surface area contributed by atoms with E-state index < -0.39 is 61.4 Å². The maximum absolute atomic E-state index is 11.4. The van der Waals surface area contributed by atoms with Crippen molar-refractivity contribution < 1.29 is 49.6 Å². The second kappa shape index (κ2) is 12.9. The molecule has 1 spiro atoms. The van der Waals surface area contributed by atoms with E-state index in [0.717, 1.165) is 19.3 Å². The second-order valence-electron chi connectivity index (χ2n) is 13.7. The van der Waals surface area contributed by atoms with Gasteiger partial charge in [-0.25, -0.2) is 0 Å². The molecule has 3 aliphatic heterocycles. The summed E-state index contributed by atoms with van der Waals surface area (Å²) in [5.74, 6) is -0.0372. The summed E-state index contributed by atoms with van der Waals surface area (Å²) in [5.41, 5.74) is -0.245. The van der Waals surface area contributed by atoms with Crippen molar-refractivity contribution in [1.29, 1.82) is 0 Å². The van der Waals surface area contributed by atoms with Crippen molar-refractivity contribution in [2.45, 2.75) is 114 Å². The number of aliphatic hydroxyl groups is 6. The third-order valence-electron chi connectivity index (χ3n) is 10.7. The van der Waals surface area contributed by atoms with Crippen LogP contribution in [0.3, 0.4) is 0 Å². The highest BCUT2D eigenvalue weighted by Crippen LogP contribution is 2.57. The van der Waals surface area contributed by atoms with E-state index in [4.69, 9.17) is 18.9 Å². The largest absolute Gasteiger partial charge is 0.466 e. The normalized spacial score (nSPS) is 52.4. The number of allylic oxidation sites excluding steroid dienone is 4. The van der Waals surface area contributed by atoms with Crippen molar-refractivity contribution >= 4 is 0 Å². The number of hydrogen-bond acceptors (Lipinski definition) is 10. The van der Waals surface area contributed by atoms with Gasteiger partial charge in [-0.2, -0.15) is 0 Å². The van der Waals surface area contributed by atoms with Crippen molar-refractivity contribution in [3.63, 3.8) is 0 Å². The average molecular weight is 595 g/mol. The molecule has 0 bridgehead atoms.